The lowest BCUT2D eigenvalue weighted by Crippen LogP contribution is -2.33. The second-order valence-corrected chi connectivity index (χ2v) is 7.89. The van der Waals surface area contributed by atoms with Crippen LogP contribution in [0.2, 0.25) is 5.02 Å². The Bertz CT molecular complexity index is 1350. The van der Waals surface area contributed by atoms with Crippen molar-refractivity contribution in [3.63, 3.8) is 0 Å². The summed E-state index contributed by atoms with van der Waals surface area (Å²) >= 11 is 6.13. The number of hydrogen-bond acceptors (Lipinski definition) is 6. The van der Waals surface area contributed by atoms with Gasteiger partial charge in [-0.05, 0) is 55.3 Å². The molecule has 3 rings (SSSR count). The summed E-state index contributed by atoms with van der Waals surface area (Å²) in [5, 5.41) is 28.3. The zero-order chi connectivity index (χ0) is 25.5. The topological polar surface area (TPSA) is 134 Å². The maximum atomic E-state index is 13.0. The number of amides is 2. The lowest BCUT2D eigenvalue weighted by molar-refractivity contribution is -0.384. The first-order valence-corrected chi connectivity index (χ1v) is 10.7. The first-order valence-electron chi connectivity index (χ1n) is 10.3. The summed E-state index contributed by atoms with van der Waals surface area (Å²) in [5.74, 6) is -1.40. The number of nitrogens with zero attached hydrogens (tertiary/aromatic N) is 2. The van der Waals surface area contributed by atoms with E-state index in [1.165, 1.54) is 36.4 Å². The van der Waals surface area contributed by atoms with Gasteiger partial charge in [0.05, 0.1) is 10.6 Å². The van der Waals surface area contributed by atoms with Gasteiger partial charge in [-0.1, -0.05) is 41.9 Å². The molecule has 35 heavy (non-hydrogen) atoms. The zero-order valence-corrected chi connectivity index (χ0v) is 19.5. The number of hydrogen-bond donors (Lipinski definition) is 3. The van der Waals surface area contributed by atoms with Crippen molar-refractivity contribution < 1.29 is 19.6 Å². The standard InChI is InChI=1S/C25H21ClN4O5/c1-15-11-23(31)20(14-21(15)26)16(2)28-29-25(33)22(27-24(32)18-8-4-3-5-9-18)13-17-7-6-10-19(12-17)30(34)35/h3-14,31H,1-2H3,(H,27,32)(H,29,33)/b22-13-,28-16-. The van der Waals surface area contributed by atoms with Crippen LogP contribution in [0.3, 0.4) is 0 Å². The van der Waals surface area contributed by atoms with Gasteiger partial charge in [-0.25, -0.2) is 5.43 Å². The third-order valence-corrected chi connectivity index (χ3v) is 5.32. The van der Waals surface area contributed by atoms with Gasteiger partial charge < -0.3 is 10.4 Å². The fourth-order valence-electron chi connectivity index (χ4n) is 3.05. The van der Waals surface area contributed by atoms with Gasteiger partial charge in [-0.2, -0.15) is 5.10 Å². The van der Waals surface area contributed by atoms with Gasteiger partial charge in [-0.15, -0.1) is 0 Å². The molecule has 178 valence electrons. The number of benzene rings is 3. The first-order chi connectivity index (χ1) is 16.7. The maximum Gasteiger partial charge on any atom is 0.287 e. The molecule has 0 saturated carbocycles. The van der Waals surface area contributed by atoms with Gasteiger partial charge in [0.15, 0.2) is 0 Å². The number of hydrazone groups is 1. The number of nitro groups is 1. The van der Waals surface area contributed by atoms with E-state index >= 15 is 0 Å². The van der Waals surface area contributed by atoms with Gasteiger partial charge in [0.25, 0.3) is 17.5 Å². The Morgan fingerprint density at radius 3 is 2.49 bits per heavy atom. The second-order valence-electron chi connectivity index (χ2n) is 7.49. The smallest absolute Gasteiger partial charge is 0.287 e. The van der Waals surface area contributed by atoms with Crippen LogP contribution in [0.5, 0.6) is 5.75 Å². The van der Waals surface area contributed by atoms with Crippen molar-refractivity contribution in [3.8, 4) is 5.75 Å². The highest BCUT2D eigenvalue weighted by Crippen LogP contribution is 2.26. The van der Waals surface area contributed by atoms with E-state index in [2.05, 4.69) is 15.8 Å². The highest BCUT2D eigenvalue weighted by atomic mass is 35.5. The Hall–Kier alpha value is -4.50. The SMILES string of the molecule is C/C(=N/NC(=O)/C(=C/c1cccc([N+](=O)[O-])c1)NC(=O)c1ccccc1)c1cc(Cl)c(C)cc1O. The molecule has 0 aliphatic rings. The van der Waals surface area contributed by atoms with Crippen LogP contribution in [0.1, 0.15) is 34.0 Å². The molecule has 0 bridgehead atoms. The number of nitro benzene ring substituents is 1. The molecule has 10 heteroatoms. The van der Waals surface area contributed by atoms with Gasteiger partial charge in [-0.3, -0.25) is 19.7 Å². The number of aromatic hydroxyl groups is 1. The molecule has 0 saturated heterocycles. The van der Waals surface area contributed by atoms with Crippen LogP contribution in [0.15, 0.2) is 77.5 Å². The van der Waals surface area contributed by atoms with Crippen molar-refractivity contribution in [3.05, 3.63) is 110 Å². The highest BCUT2D eigenvalue weighted by molar-refractivity contribution is 6.31. The minimum absolute atomic E-state index is 0.0628. The summed E-state index contributed by atoms with van der Waals surface area (Å²) in [5.41, 5.74) is 3.86. The van der Waals surface area contributed by atoms with Crippen LogP contribution >= 0.6 is 11.6 Å². The van der Waals surface area contributed by atoms with Crippen molar-refractivity contribution in [2.45, 2.75) is 13.8 Å². The van der Waals surface area contributed by atoms with Gasteiger partial charge in [0.2, 0.25) is 0 Å². The normalized spacial score (nSPS) is 11.6. The summed E-state index contributed by atoms with van der Waals surface area (Å²) in [7, 11) is 0. The quantitative estimate of drug-likeness (QED) is 0.192. The Labute approximate surface area is 205 Å². The van der Waals surface area contributed by atoms with E-state index in [1.807, 2.05) is 0 Å². The van der Waals surface area contributed by atoms with E-state index in [-0.39, 0.29) is 22.8 Å². The molecule has 3 aromatic carbocycles. The van der Waals surface area contributed by atoms with Gasteiger partial charge >= 0.3 is 0 Å². The van der Waals surface area contributed by atoms with Crippen molar-refractivity contribution in [1.29, 1.82) is 0 Å². The average Bonchev–Trinajstić information content (AvgIpc) is 2.84. The first kappa shape index (κ1) is 25.1. The van der Waals surface area contributed by atoms with Crippen LogP contribution in [0, 0.1) is 17.0 Å². The minimum atomic E-state index is -0.780. The number of halogens is 1. The third-order valence-electron chi connectivity index (χ3n) is 4.91. The lowest BCUT2D eigenvalue weighted by atomic mass is 10.1. The van der Waals surface area contributed by atoms with E-state index in [0.717, 1.165) is 0 Å². The number of rotatable bonds is 7. The number of carbonyl (C=O) groups is 2. The number of carbonyl (C=O) groups excluding carboxylic acids is 2. The highest BCUT2D eigenvalue weighted by Gasteiger charge is 2.16. The summed E-state index contributed by atoms with van der Waals surface area (Å²) in [4.78, 5) is 36.2. The van der Waals surface area contributed by atoms with E-state index < -0.39 is 16.7 Å². The molecule has 0 aliphatic carbocycles. The summed E-state index contributed by atoms with van der Waals surface area (Å²) in [6, 6.07) is 16.8. The Morgan fingerprint density at radius 1 is 1.09 bits per heavy atom. The van der Waals surface area contributed by atoms with Crippen LogP contribution in [0.4, 0.5) is 5.69 Å². The lowest BCUT2D eigenvalue weighted by Gasteiger charge is -2.11. The molecule has 2 amide bonds. The number of phenols is 1. The molecule has 0 radical (unpaired) electrons. The fraction of sp³-hybridized carbons (Fsp3) is 0.0800. The predicted octanol–water partition coefficient (Wildman–Crippen LogP) is 4.57. The summed E-state index contributed by atoms with van der Waals surface area (Å²) < 4.78 is 0. The van der Waals surface area contributed by atoms with Crippen LogP contribution in [-0.2, 0) is 4.79 Å². The molecule has 0 fully saturated rings. The van der Waals surface area contributed by atoms with Crippen molar-refractivity contribution in [1.82, 2.24) is 10.7 Å². The van der Waals surface area contributed by atoms with Gasteiger partial charge in [0, 0.05) is 28.3 Å². The minimum Gasteiger partial charge on any atom is -0.507 e. The Balaban J connectivity index is 1.92. The van der Waals surface area contributed by atoms with E-state index in [1.54, 1.807) is 50.2 Å². The zero-order valence-electron chi connectivity index (χ0n) is 18.8. The Kier molecular flexibility index (Phi) is 7.96. The molecule has 0 aliphatic heterocycles. The predicted molar refractivity (Wildman–Crippen MR) is 133 cm³/mol. The third kappa shape index (κ3) is 6.52. The van der Waals surface area contributed by atoms with Crippen molar-refractivity contribution >= 4 is 40.9 Å². The summed E-state index contributed by atoms with van der Waals surface area (Å²) in [6.45, 7) is 3.30. The number of aryl methyl sites for hydroxylation is 1. The second kappa shape index (κ2) is 11.1. The van der Waals surface area contributed by atoms with Crippen molar-refractivity contribution in [2.75, 3.05) is 0 Å². The molecular formula is C25H21ClN4O5. The van der Waals surface area contributed by atoms with Crippen LogP contribution < -0.4 is 10.7 Å². The molecule has 9 nitrogen and oxygen atoms in total. The van der Waals surface area contributed by atoms with E-state index in [4.69, 9.17) is 11.6 Å². The monoisotopic (exact) mass is 492 g/mol. The maximum absolute atomic E-state index is 13.0. The molecule has 3 N–H and O–H groups in total. The molecule has 0 aromatic heterocycles. The molecule has 0 atom stereocenters. The number of non-ortho nitro benzene ring substituents is 1. The number of nitrogens with one attached hydrogen (secondary N) is 2. The summed E-state index contributed by atoms with van der Waals surface area (Å²) in [6.07, 6.45) is 1.30. The van der Waals surface area contributed by atoms with Crippen LogP contribution in [0.25, 0.3) is 6.08 Å². The molecular weight excluding hydrogens is 472 g/mol. The van der Waals surface area contributed by atoms with Gasteiger partial charge in [0.1, 0.15) is 11.4 Å². The number of phenolic OH excluding ortho intramolecular Hbond substituents is 1. The molecule has 0 heterocycles. The van der Waals surface area contributed by atoms with Crippen LogP contribution in [-0.4, -0.2) is 27.6 Å². The molecule has 0 unspecified atom stereocenters. The average molecular weight is 493 g/mol. The molecule has 3 aromatic rings. The van der Waals surface area contributed by atoms with E-state index in [0.29, 0.717) is 27.3 Å². The van der Waals surface area contributed by atoms with E-state index in [9.17, 15) is 24.8 Å². The van der Waals surface area contributed by atoms with Crippen molar-refractivity contribution in [2.24, 2.45) is 5.10 Å². The fourth-order valence-corrected chi connectivity index (χ4v) is 3.21. The largest absolute Gasteiger partial charge is 0.507 e. The Morgan fingerprint density at radius 2 is 1.80 bits per heavy atom. The molecule has 0 spiro atoms.